The molecule has 0 unspecified atom stereocenters. The summed E-state index contributed by atoms with van der Waals surface area (Å²) in [6, 6.07) is 6.50. The number of nitrogens with one attached hydrogen (secondary N) is 1. The Morgan fingerprint density at radius 1 is 1.33 bits per heavy atom. The molecule has 0 spiro atoms. The molecule has 0 fully saturated rings. The minimum Gasteiger partial charge on any atom is -0.462 e. The summed E-state index contributed by atoms with van der Waals surface area (Å²) in [4.78, 5) is 22.9. The second-order valence-corrected chi connectivity index (χ2v) is 3.88. The van der Waals surface area contributed by atoms with Gasteiger partial charge in [-0.25, -0.2) is 9.59 Å². The van der Waals surface area contributed by atoms with Gasteiger partial charge in [0, 0.05) is 5.69 Å². The van der Waals surface area contributed by atoms with E-state index in [1.54, 1.807) is 45.0 Å². The van der Waals surface area contributed by atoms with E-state index in [2.05, 4.69) is 5.32 Å². The fourth-order valence-corrected chi connectivity index (χ4v) is 1.30. The zero-order valence-corrected chi connectivity index (χ0v) is 10.7. The van der Waals surface area contributed by atoms with Crippen molar-refractivity contribution in [1.29, 1.82) is 0 Å². The Kier molecular flexibility index (Phi) is 5.17. The number of carbonyl (C=O) groups is 2. The minimum atomic E-state index is -0.550. The van der Waals surface area contributed by atoms with Crippen molar-refractivity contribution in [1.82, 2.24) is 0 Å². The molecule has 0 aliphatic carbocycles. The zero-order chi connectivity index (χ0) is 13.5. The summed E-state index contributed by atoms with van der Waals surface area (Å²) in [5.41, 5.74) is 0.880. The van der Waals surface area contributed by atoms with E-state index in [0.717, 1.165) is 0 Å². The number of benzene rings is 1. The van der Waals surface area contributed by atoms with Crippen molar-refractivity contribution in [3.05, 3.63) is 29.8 Å². The molecule has 0 atom stereocenters. The molecular weight excluding hydrogens is 234 g/mol. The summed E-state index contributed by atoms with van der Waals surface area (Å²) < 4.78 is 9.81. The van der Waals surface area contributed by atoms with Gasteiger partial charge in [0.15, 0.2) is 0 Å². The van der Waals surface area contributed by atoms with Crippen LogP contribution in [0.25, 0.3) is 0 Å². The third-order valence-corrected chi connectivity index (χ3v) is 1.96. The Bertz CT molecular complexity index is 429. The SMILES string of the molecule is CCOC(=O)c1cccc(NC(=O)OC(C)C)c1. The third kappa shape index (κ3) is 4.45. The molecule has 1 rings (SSSR count). The van der Waals surface area contributed by atoms with Crippen LogP contribution in [0.2, 0.25) is 0 Å². The largest absolute Gasteiger partial charge is 0.462 e. The number of anilines is 1. The molecule has 0 radical (unpaired) electrons. The fourth-order valence-electron chi connectivity index (χ4n) is 1.30. The summed E-state index contributed by atoms with van der Waals surface area (Å²) in [6.07, 6.45) is -0.746. The molecule has 0 aliphatic heterocycles. The van der Waals surface area contributed by atoms with Gasteiger partial charge in [0.25, 0.3) is 0 Å². The van der Waals surface area contributed by atoms with Crippen molar-refractivity contribution in [3.63, 3.8) is 0 Å². The van der Waals surface area contributed by atoms with E-state index < -0.39 is 12.1 Å². The maximum absolute atomic E-state index is 11.5. The smallest absolute Gasteiger partial charge is 0.411 e. The van der Waals surface area contributed by atoms with Gasteiger partial charge in [-0.05, 0) is 39.0 Å². The van der Waals surface area contributed by atoms with E-state index in [9.17, 15) is 9.59 Å². The predicted molar refractivity (Wildman–Crippen MR) is 67.6 cm³/mol. The molecule has 5 nitrogen and oxygen atoms in total. The summed E-state index contributed by atoms with van der Waals surface area (Å²) >= 11 is 0. The van der Waals surface area contributed by atoms with Crippen LogP contribution >= 0.6 is 0 Å². The van der Waals surface area contributed by atoms with Crippen molar-refractivity contribution in [2.45, 2.75) is 26.9 Å². The Balaban J connectivity index is 2.70. The standard InChI is InChI=1S/C13H17NO4/c1-4-17-12(15)10-6-5-7-11(8-10)14-13(16)18-9(2)3/h5-9H,4H2,1-3H3,(H,14,16). The topological polar surface area (TPSA) is 64.6 Å². The molecule has 1 amide bonds. The van der Waals surface area contributed by atoms with Gasteiger partial charge in [-0.1, -0.05) is 6.07 Å². The van der Waals surface area contributed by atoms with Crippen LogP contribution in [0.15, 0.2) is 24.3 Å². The maximum Gasteiger partial charge on any atom is 0.411 e. The van der Waals surface area contributed by atoms with E-state index >= 15 is 0 Å². The number of hydrogen-bond acceptors (Lipinski definition) is 4. The molecule has 1 N–H and O–H groups in total. The molecule has 0 bridgehead atoms. The number of ether oxygens (including phenoxy) is 2. The van der Waals surface area contributed by atoms with Crippen LogP contribution in [0.4, 0.5) is 10.5 Å². The van der Waals surface area contributed by atoms with E-state index in [-0.39, 0.29) is 6.10 Å². The van der Waals surface area contributed by atoms with E-state index in [0.29, 0.717) is 17.9 Å². The van der Waals surface area contributed by atoms with Crippen LogP contribution in [0.5, 0.6) is 0 Å². The zero-order valence-electron chi connectivity index (χ0n) is 10.7. The average molecular weight is 251 g/mol. The summed E-state index contributed by atoms with van der Waals surface area (Å²) in [5.74, 6) is -0.418. The van der Waals surface area contributed by atoms with Crippen molar-refractivity contribution in [2.75, 3.05) is 11.9 Å². The minimum absolute atomic E-state index is 0.196. The molecular formula is C13H17NO4. The number of amides is 1. The molecule has 0 saturated heterocycles. The first-order chi connectivity index (χ1) is 8.52. The Morgan fingerprint density at radius 2 is 2.06 bits per heavy atom. The van der Waals surface area contributed by atoms with Crippen molar-refractivity contribution in [3.8, 4) is 0 Å². The molecule has 0 aromatic heterocycles. The summed E-state index contributed by atoms with van der Waals surface area (Å²) in [5, 5.41) is 2.54. The van der Waals surface area contributed by atoms with Gasteiger partial charge in [0.05, 0.1) is 18.3 Å². The van der Waals surface area contributed by atoms with Crippen molar-refractivity contribution in [2.24, 2.45) is 0 Å². The maximum atomic E-state index is 11.5. The lowest BCUT2D eigenvalue weighted by atomic mass is 10.2. The first-order valence-corrected chi connectivity index (χ1v) is 5.77. The molecule has 0 saturated carbocycles. The Morgan fingerprint density at radius 3 is 2.67 bits per heavy atom. The molecule has 1 aromatic rings. The van der Waals surface area contributed by atoms with Crippen molar-refractivity contribution >= 4 is 17.7 Å². The van der Waals surface area contributed by atoms with Gasteiger partial charge in [-0.3, -0.25) is 5.32 Å². The lowest BCUT2D eigenvalue weighted by Crippen LogP contribution is -2.18. The second kappa shape index (κ2) is 6.64. The fraction of sp³-hybridized carbons (Fsp3) is 0.385. The van der Waals surface area contributed by atoms with Gasteiger partial charge in [-0.15, -0.1) is 0 Å². The lowest BCUT2D eigenvalue weighted by molar-refractivity contribution is 0.0526. The molecule has 5 heteroatoms. The van der Waals surface area contributed by atoms with Gasteiger partial charge in [-0.2, -0.15) is 0 Å². The van der Waals surface area contributed by atoms with Crippen molar-refractivity contribution < 1.29 is 19.1 Å². The molecule has 98 valence electrons. The highest BCUT2D eigenvalue weighted by Crippen LogP contribution is 2.12. The number of hydrogen-bond donors (Lipinski definition) is 1. The lowest BCUT2D eigenvalue weighted by Gasteiger charge is -2.10. The molecule has 0 aliphatic rings. The quantitative estimate of drug-likeness (QED) is 0.836. The van der Waals surface area contributed by atoms with Crippen LogP contribution in [-0.4, -0.2) is 24.8 Å². The van der Waals surface area contributed by atoms with Crippen LogP contribution in [0.3, 0.4) is 0 Å². The van der Waals surface area contributed by atoms with E-state index in [1.807, 2.05) is 0 Å². The van der Waals surface area contributed by atoms with Crippen LogP contribution in [0.1, 0.15) is 31.1 Å². The molecule has 18 heavy (non-hydrogen) atoms. The first kappa shape index (κ1) is 14.0. The van der Waals surface area contributed by atoms with E-state index in [4.69, 9.17) is 9.47 Å². The van der Waals surface area contributed by atoms with Crippen LogP contribution in [-0.2, 0) is 9.47 Å². The van der Waals surface area contributed by atoms with Crippen LogP contribution < -0.4 is 5.32 Å². The third-order valence-electron chi connectivity index (χ3n) is 1.96. The average Bonchev–Trinajstić information content (AvgIpc) is 2.28. The van der Waals surface area contributed by atoms with Gasteiger partial charge in [0.1, 0.15) is 0 Å². The van der Waals surface area contributed by atoms with Gasteiger partial charge in [0.2, 0.25) is 0 Å². The van der Waals surface area contributed by atoms with Crippen LogP contribution in [0, 0.1) is 0 Å². The highest BCUT2D eigenvalue weighted by molar-refractivity contribution is 5.92. The summed E-state index contributed by atoms with van der Waals surface area (Å²) in [7, 11) is 0. The monoisotopic (exact) mass is 251 g/mol. The van der Waals surface area contributed by atoms with Gasteiger partial charge < -0.3 is 9.47 Å². The summed E-state index contributed by atoms with van der Waals surface area (Å²) in [6.45, 7) is 5.56. The molecule has 1 aromatic carbocycles. The highest BCUT2D eigenvalue weighted by atomic mass is 16.6. The first-order valence-electron chi connectivity index (χ1n) is 5.77. The normalized spacial score (nSPS) is 10.0. The number of esters is 1. The Labute approximate surface area is 106 Å². The number of carbonyl (C=O) groups excluding carboxylic acids is 2. The highest BCUT2D eigenvalue weighted by Gasteiger charge is 2.09. The second-order valence-electron chi connectivity index (χ2n) is 3.88. The molecule has 0 heterocycles. The number of rotatable bonds is 4. The predicted octanol–water partition coefficient (Wildman–Crippen LogP) is 2.82. The van der Waals surface area contributed by atoms with Gasteiger partial charge >= 0.3 is 12.1 Å². The van der Waals surface area contributed by atoms with E-state index in [1.165, 1.54) is 0 Å². The Hall–Kier alpha value is -2.04.